The number of nitrogen functional groups attached to an aromatic ring is 1. The molecule has 1 aliphatic rings. The summed E-state index contributed by atoms with van der Waals surface area (Å²) in [5.74, 6) is 2.41. The molecule has 0 aromatic carbocycles. The first kappa shape index (κ1) is 12.2. The van der Waals surface area contributed by atoms with Gasteiger partial charge in [0, 0.05) is 10.1 Å². The molecule has 0 aliphatic heterocycles. The third-order valence-electron chi connectivity index (χ3n) is 3.34. The molecule has 1 fully saturated rings. The summed E-state index contributed by atoms with van der Waals surface area (Å²) < 4.78 is 0. The number of nitrogens with zero attached hydrogens (tertiary/aromatic N) is 2. The lowest BCUT2D eigenvalue weighted by molar-refractivity contribution is 0.886. The van der Waals surface area contributed by atoms with Crippen LogP contribution in [0, 0.1) is 6.92 Å². The zero-order valence-electron chi connectivity index (χ0n) is 10.5. The quantitative estimate of drug-likeness (QED) is 0.929. The Bertz CT molecular complexity index is 559. The molecule has 3 rings (SSSR count). The first-order chi connectivity index (χ1) is 8.72. The highest BCUT2D eigenvalue weighted by molar-refractivity contribution is 7.99. The van der Waals surface area contributed by atoms with Crippen molar-refractivity contribution in [2.75, 3.05) is 5.73 Å². The molecule has 0 radical (unpaired) electrons. The molecule has 2 N–H and O–H groups in total. The van der Waals surface area contributed by atoms with E-state index in [1.165, 1.54) is 30.6 Å². The van der Waals surface area contributed by atoms with Crippen molar-refractivity contribution >= 4 is 39.1 Å². The van der Waals surface area contributed by atoms with E-state index in [1.54, 1.807) is 11.3 Å². The molecule has 3 nitrogen and oxygen atoms in total. The number of thioether (sulfide) groups is 1. The summed E-state index contributed by atoms with van der Waals surface area (Å²) in [6, 6.07) is 2.07. The number of anilines is 1. The molecule has 2 heterocycles. The van der Waals surface area contributed by atoms with Crippen LogP contribution in [0.1, 0.15) is 36.4 Å². The number of aryl methyl sites for hydroxylation is 1. The van der Waals surface area contributed by atoms with Crippen LogP contribution in [0.3, 0.4) is 0 Å². The van der Waals surface area contributed by atoms with E-state index in [1.807, 2.05) is 11.8 Å². The van der Waals surface area contributed by atoms with Crippen molar-refractivity contribution in [1.82, 2.24) is 9.97 Å². The Morgan fingerprint density at radius 2 is 2.17 bits per heavy atom. The Hall–Kier alpha value is -0.810. The van der Waals surface area contributed by atoms with Crippen molar-refractivity contribution in [3.05, 3.63) is 16.8 Å². The lowest BCUT2D eigenvalue weighted by Crippen LogP contribution is -2.01. The van der Waals surface area contributed by atoms with Crippen LogP contribution in [-0.4, -0.2) is 15.2 Å². The third kappa shape index (κ3) is 2.47. The Balaban J connectivity index is 1.79. The van der Waals surface area contributed by atoms with Gasteiger partial charge in [0.15, 0.2) is 0 Å². The Labute approximate surface area is 115 Å². The summed E-state index contributed by atoms with van der Waals surface area (Å²) >= 11 is 3.68. The van der Waals surface area contributed by atoms with Crippen molar-refractivity contribution < 1.29 is 0 Å². The van der Waals surface area contributed by atoms with Gasteiger partial charge in [0.1, 0.15) is 16.5 Å². The van der Waals surface area contributed by atoms with E-state index < -0.39 is 0 Å². The van der Waals surface area contributed by atoms with Crippen LogP contribution in [0.15, 0.2) is 6.07 Å². The van der Waals surface area contributed by atoms with Crippen LogP contribution >= 0.6 is 23.1 Å². The summed E-state index contributed by atoms with van der Waals surface area (Å²) in [5.41, 5.74) is 6.00. The zero-order chi connectivity index (χ0) is 12.5. The molecule has 1 aliphatic carbocycles. The highest BCUT2D eigenvalue weighted by atomic mass is 32.2. The van der Waals surface area contributed by atoms with Crippen LogP contribution in [0.2, 0.25) is 0 Å². The highest BCUT2D eigenvalue weighted by Crippen LogP contribution is 2.32. The van der Waals surface area contributed by atoms with Crippen LogP contribution in [-0.2, 0) is 5.75 Å². The van der Waals surface area contributed by atoms with Gasteiger partial charge in [0.05, 0.1) is 11.1 Å². The summed E-state index contributed by atoms with van der Waals surface area (Å²) in [4.78, 5) is 11.3. The molecule has 0 atom stereocenters. The largest absolute Gasteiger partial charge is 0.383 e. The molecule has 96 valence electrons. The van der Waals surface area contributed by atoms with Crippen molar-refractivity contribution in [3.8, 4) is 0 Å². The monoisotopic (exact) mass is 279 g/mol. The molecular formula is C13H17N3S2. The molecule has 1 saturated carbocycles. The second-order valence-electron chi connectivity index (χ2n) is 4.82. The number of nitrogens with two attached hydrogens (primary N) is 1. The van der Waals surface area contributed by atoms with Crippen LogP contribution in [0.5, 0.6) is 0 Å². The van der Waals surface area contributed by atoms with Crippen molar-refractivity contribution in [2.45, 2.75) is 43.6 Å². The summed E-state index contributed by atoms with van der Waals surface area (Å²) in [6.45, 7) is 2.08. The first-order valence-corrected chi connectivity index (χ1v) is 8.23. The summed E-state index contributed by atoms with van der Waals surface area (Å²) in [6.07, 6.45) is 5.45. The molecule has 0 amide bonds. The van der Waals surface area contributed by atoms with Gasteiger partial charge in [-0.1, -0.05) is 12.8 Å². The van der Waals surface area contributed by atoms with Gasteiger partial charge in [-0.2, -0.15) is 11.8 Å². The number of hydrogen-bond donors (Lipinski definition) is 1. The maximum Gasteiger partial charge on any atom is 0.142 e. The number of hydrogen-bond acceptors (Lipinski definition) is 5. The van der Waals surface area contributed by atoms with Crippen molar-refractivity contribution in [1.29, 1.82) is 0 Å². The smallest absolute Gasteiger partial charge is 0.142 e. The van der Waals surface area contributed by atoms with Gasteiger partial charge in [-0.25, -0.2) is 9.97 Å². The average molecular weight is 279 g/mol. The fourth-order valence-electron chi connectivity index (χ4n) is 2.42. The predicted molar refractivity (Wildman–Crippen MR) is 80.1 cm³/mol. The normalized spacial score (nSPS) is 16.7. The van der Waals surface area contributed by atoms with E-state index in [0.29, 0.717) is 5.82 Å². The van der Waals surface area contributed by atoms with Gasteiger partial charge in [-0.05, 0) is 25.8 Å². The lowest BCUT2D eigenvalue weighted by atomic mass is 10.3. The van der Waals surface area contributed by atoms with E-state index in [2.05, 4.69) is 23.0 Å². The van der Waals surface area contributed by atoms with Gasteiger partial charge in [-0.3, -0.25) is 0 Å². The highest BCUT2D eigenvalue weighted by Gasteiger charge is 2.16. The topological polar surface area (TPSA) is 51.8 Å². The summed E-state index contributed by atoms with van der Waals surface area (Å²) in [7, 11) is 0. The van der Waals surface area contributed by atoms with Gasteiger partial charge in [0.2, 0.25) is 0 Å². The molecule has 0 unspecified atom stereocenters. The maximum absolute atomic E-state index is 6.00. The minimum Gasteiger partial charge on any atom is -0.383 e. The fraction of sp³-hybridized carbons (Fsp3) is 0.538. The van der Waals surface area contributed by atoms with Gasteiger partial charge in [-0.15, -0.1) is 11.3 Å². The van der Waals surface area contributed by atoms with Gasteiger partial charge < -0.3 is 5.73 Å². The minimum atomic E-state index is 0.631. The van der Waals surface area contributed by atoms with E-state index in [0.717, 1.165) is 27.0 Å². The van der Waals surface area contributed by atoms with Crippen LogP contribution in [0.4, 0.5) is 5.82 Å². The number of aromatic nitrogens is 2. The molecular weight excluding hydrogens is 262 g/mol. The zero-order valence-corrected chi connectivity index (χ0v) is 12.1. The predicted octanol–water partition coefficient (Wildman–Crippen LogP) is 3.76. The lowest BCUT2D eigenvalue weighted by Gasteiger charge is -2.07. The maximum atomic E-state index is 6.00. The van der Waals surface area contributed by atoms with Gasteiger partial charge in [0.25, 0.3) is 0 Å². The molecule has 2 aromatic heterocycles. The first-order valence-electron chi connectivity index (χ1n) is 6.36. The Morgan fingerprint density at radius 1 is 1.39 bits per heavy atom. The van der Waals surface area contributed by atoms with Crippen LogP contribution < -0.4 is 5.73 Å². The molecule has 18 heavy (non-hydrogen) atoms. The van der Waals surface area contributed by atoms with E-state index >= 15 is 0 Å². The van der Waals surface area contributed by atoms with Gasteiger partial charge >= 0.3 is 0 Å². The average Bonchev–Trinajstić information content (AvgIpc) is 2.94. The van der Waals surface area contributed by atoms with Crippen molar-refractivity contribution in [2.24, 2.45) is 0 Å². The Kier molecular flexibility index (Phi) is 3.43. The molecule has 5 heteroatoms. The number of thiophene rings is 1. The van der Waals surface area contributed by atoms with Crippen LogP contribution in [0.25, 0.3) is 10.2 Å². The number of fused-ring (bicyclic) bond motifs is 1. The molecule has 0 saturated heterocycles. The third-order valence-corrected chi connectivity index (χ3v) is 5.65. The van der Waals surface area contributed by atoms with E-state index in [-0.39, 0.29) is 0 Å². The van der Waals surface area contributed by atoms with E-state index in [4.69, 9.17) is 5.73 Å². The molecule has 2 aromatic rings. The SMILES string of the molecule is Cc1cc2c(N)nc(CSC3CCCC3)nc2s1. The standard InChI is InChI=1S/C13H17N3S2/c1-8-6-10-12(14)15-11(16-13(10)18-8)7-17-9-4-2-3-5-9/h6,9H,2-5,7H2,1H3,(H2,14,15,16). The summed E-state index contributed by atoms with van der Waals surface area (Å²) in [5, 5.41) is 1.81. The molecule has 0 spiro atoms. The second kappa shape index (κ2) is 5.05. The minimum absolute atomic E-state index is 0.631. The fourth-order valence-corrected chi connectivity index (χ4v) is 4.51. The van der Waals surface area contributed by atoms with E-state index in [9.17, 15) is 0 Å². The van der Waals surface area contributed by atoms with Crippen molar-refractivity contribution in [3.63, 3.8) is 0 Å². The second-order valence-corrected chi connectivity index (χ2v) is 7.34. The Morgan fingerprint density at radius 3 is 2.94 bits per heavy atom. The molecule has 0 bridgehead atoms. The number of rotatable bonds is 3.